The Morgan fingerprint density at radius 3 is 2.52 bits per heavy atom. The van der Waals surface area contributed by atoms with E-state index >= 15 is 0 Å². The second kappa shape index (κ2) is 9.98. The molecular formula is C23H33N3O2S. The first-order valence-electron chi connectivity index (χ1n) is 10.9. The van der Waals surface area contributed by atoms with Gasteiger partial charge < -0.3 is 14.2 Å². The maximum atomic E-state index is 5.94. The number of benzene rings is 1. The summed E-state index contributed by atoms with van der Waals surface area (Å²) in [5, 5.41) is 4.15. The standard InChI is InChI=1S/C21H27N3O2.C2H6S/c1-2-4-15(5-3-1)13-25-14-18-12-19(18)16-8-10-24(11-9-16)21-22-20(23-26-21)17-6-7-17;1-3-2/h1-5,16-19H,6-14H2;1-2H3. The molecule has 2 unspecified atom stereocenters. The first-order chi connectivity index (χ1) is 14.3. The second-order valence-electron chi connectivity index (χ2n) is 8.60. The van der Waals surface area contributed by atoms with E-state index in [0.29, 0.717) is 5.92 Å². The Kier molecular flexibility index (Phi) is 7.14. The van der Waals surface area contributed by atoms with Crippen molar-refractivity contribution in [2.24, 2.45) is 17.8 Å². The number of thioether (sulfide) groups is 1. The van der Waals surface area contributed by atoms with E-state index < -0.39 is 0 Å². The zero-order valence-electron chi connectivity index (χ0n) is 17.6. The van der Waals surface area contributed by atoms with Crippen molar-refractivity contribution in [2.45, 2.75) is 44.6 Å². The van der Waals surface area contributed by atoms with Crippen molar-refractivity contribution in [3.05, 3.63) is 41.7 Å². The van der Waals surface area contributed by atoms with Gasteiger partial charge in [0, 0.05) is 19.0 Å². The fraction of sp³-hybridized carbons (Fsp3) is 0.652. The Bertz CT molecular complexity index is 742. The van der Waals surface area contributed by atoms with Gasteiger partial charge in [0.1, 0.15) is 0 Å². The van der Waals surface area contributed by atoms with Crippen molar-refractivity contribution in [3.8, 4) is 0 Å². The molecule has 0 spiro atoms. The maximum Gasteiger partial charge on any atom is 0.324 e. The molecule has 2 atom stereocenters. The summed E-state index contributed by atoms with van der Waals surface area (Å²) in [4.78, 5) is 6.87. The molecule has 2 aromatic rings. The molecule has 5 nitrogen and oxygen atoms in total. The first-order valence-corrected chi connectivity index (χ1v) is 12.5. The Balaban J connectivity index is 0.000000645. The van der Waals surface area contributed by atoms with Crippen LogP contribution in [0.2, 0.25) is 0 Å². The van der Waals surface area contributed by atoms with Crippen LogP contribution in [-0.4, -0.2) is 42.3 Å². The third kappa shape index (κ3) is 5.76. The van der Waals surface area contributed by atoms with Crippen molar-refractivity contribution in [2.75, 3.05) is 37.1 Å². The summed E-state index contributed by atoms with van der Waals surface area (Å²) in [7, 11) is 0. The monoisotopic (exact) mass is 415 g/mol. The number of nitrogens with zero attached hydrogens (tertiary/aromatic N) is 3. The molecule has 1 aromatic carbocycles. The summed E-state index contributed by atoms with van der Waals surface area (Å²) in [6, 6.07) is 11.2. The number of hydrogen-bond donors (Lipinski definition) is 0. The lowest BCUT2D eigenvalue weighted by atomic mass is 9.91. The smallest absolute Gasteiger partial charge is 0.324 e. The van der Waals surface area contributed by atoms with Gasteiger partial charge in [-0.1, -0.05) is 35.5 Å². The predicted octanol–water partition coefficient (Wildman–Crippen LogP) is 5.00. The third-order valence-corrected chi connectivity index (χ3v) is 6.21. The van der Waals surface area contributed by atoms with Gasteiger partial charge in [-0.25, -0.2) is 0 Å². The van der Waals surface area contributed by atoms with Crippen molar-refractivity contribution in [3.63, 3.8) is 0 Å². The minimum Gasteiger partial charge on any atom is -0.376 e. The molecule has 158 valence electrons. The number of rotatable bonds is 7. The van der Waals surface area contributed by atoms with Crippen molar-refractivity contribution >= 4 is 17.8 Å². The summed E-state index contributed by atoms with van der Waals surface area (Å²) < 4.78 is 11.4. The SMILES string of the molecule is CSC.c1ccc(COCC2CC2C2CCN(c3nc(C4CC4)no3)CC2)cc1. The van der Waals surface area contributed by atoms with E-state index in [4.69, 9.17) is 9.26 Å². The molecule has 3 aliphatic rings. The van der Waals surface area contributed by atoms with Crippen molar-refractivity contribution in [1.29, 1.82) is 0 Å². The molecule has 6 heteroatoms. The molecule has 2 heterocycles. The molecule has 0 amide bonds. The van der Waals surface area contributed by atoms with E-state index in [-0.39, 0.29) is 0 Å². The van der Waals surface area contributed by atoms with Crippen LogP contribution in [-0.2, 0) is 11.3 Å². The highest BCUT2D eigenvalue weighted by molar-refractivity contribution is 7.97. The molecule has 1 saturated heterocycles. The maximum absolute atomic E-state index is 5.94. The molecule has 0 N–H and O–H groups in total. The van der Waals surface area contributed by atoms with Crippen LogP contribution in [0, 0.1) is 17.8 Å². The van der Waals surface area contributed by atoms with Crippen molar-refractivity contribution in [1.82, 2.24) is 10.1 Å². The molecule has 0 radical (unpaired) electrons. The molecule has 1 aromatic heterocycles. The van der Waals surface area contributed by atoms with E-state index in [1.54, 1.807) is 11.8 Å². The molecule has 2 aliphatic carbocycles. The zero-order valence-corrected chi connectivity index (χ0v) is 18.4. The van der Waals surface area contributed by atoms with Gasteiger partial charge in [-0.2, -0.15) is 16.7 Å². The van der Waals surface area contributed by atoms with Crippen LogP contribution in [0.3, 0.4) is 0 Å². The fourth-order valence-electron chi connectivity index (χ4n) is 4.32. The molecule has 29 heavy (non-hydrogen) atoms. The van der Waals surface area contributed by atoms with Gasteiger partial charge in [-0.3, -0.25) is 0 Å². The van der Waals surface area contributed by atoms with Gasteiger partial charge in [0.05, 0.1) is 13.2 Å². The third-order valence-electron chi connectivity index (χ3n) is 6.21. The van der Waals surface area contributed by atoms with E-state index in [9.17, 15) is 0 Å². The van der Waals surface area contributed by atoms with Crippen LogP contribution in [0.1, 0.15) is 49.4 Å². The molecule has 1 aliphatic heterocycles. The van der Waals surface area contributed by atoms with Crippen LogP contribution >= 0.6 is 11.8 Å². The molecule has 0 bridgehead atoms. The number of anilines is 1. The second-order valence-corrected chi connectivity index (χ2v) is 9.42. The Morgan fingerprint density at radius 2 is 1.83 bits per heavy atom. The number of piperidine rings is 1. The van der Waals surface area contributed by atoms with Gasteiger partial charge in [-0.05, 0) is 67.9 Å². The summed E-state index contributed by atoms with van der Waals surface area (Å²) >= 11 is 1.75. The largest absolute Gasteiger partial charge is 0.376 e. The lowest BCUT2D eigenvalue weighted by Crippen LogP contribution is -2.34. The normalized spacial score (nSPS) is 24.1. The van der Waals surface area contributed by atoms with E-state index in [0.717, 1.165) is 55.9 Å². The average Bonchev–Trinajstić information content (AvgIpc) is 3.68. The van der Waals surface area contributed by atoms with Gasteiger partial charge in [0.25, 0.3) is 0 Å². The number of hydrogen-bond acceptors (Lipinski definition) is 6. The molecule has 2 saturated carbocycles. The fourth-order valence-corrected chi connectivity index (χ4v) is 4.32. The van der Waals surface area contributed by atoms with E-state index in [1.807, 2.05) is 18.6 Å². The number of ether oxygens (including phenoxy) is 1. The minimum atomic E-state index is 0.563. The van der Waals surface area contributed by atoms with Crippen LogP contribution in [0.25, 0.3) is 0 Å². The molecular weight excluding hydrogens is 382 g/mol. The van der Waals surface area contributed by atoms with Crippen LogP contribution in [0.5, 0.6) is 0 Å². The van der Waals surface area contributed by atoms with Gasteiger partial charge in [-0.15, -0.1) is 0 Å². The Morgan fingerprint density at radius 1 is 1.10 bits per heavy atom. The first kappa shape index (κ1) is 20.7. The summed E-state index contributed by atoms with van der Waals surface area (Å²) in [5.41, 5.74) is 1.27. The van der Waals surface area contributed by atoms with E-state index in [1.165, 1.54) is 37.7 Å². The summed E-state index contributed by atoms with van der Waals surface area (Å²) in [5.74, 6) is 3.94. The zero-order chi connectivity index (χ0) is 20.1. The van der Waals surface area contributed by atoms with Gasteiger partial charge in [0.2, 0.25) is 0 Å². The molecule has 5 rings (SSSR count). The minimum absolute atomic E-state index is 0.563. The van der Waals surface area contributed by atoms with Crippen LogP contribution < -0.4 is 4.90 Å². The predicted molar refractivity (Wildman–Crippen MR) is 118 cm³/mol. The van der Waals surface area contributed by atoms with Crippen LogP contribution in [0.4, 0.5) is 6.01 Å². The lowest BCUT2D eigenvalue weighted by molar-refractivity contribution is 0.104. The quantitative estimate of drug-likeness (QED) is 0.635. The summed E-state index contributed by atoms with van der Waals surface area (Å²) in [6.07, 6.45) is 10.3. The highest BCUT2D eigenvalue weighted by Crippen LogP contribution is 2.48. The Labute approximate surface area is 178 Å². The van der Waals surface area contributed by atoms with Gasteiger partial charge in [0.15, 0.2) is 5.82 Å². The lowest BCUT2D eigenvalue weighted by Gasteiger charge is -2.30. The highest BCUT2D eigenvalue weighted by atomic mass is 32.2. The average molecular weight is 416 g/mol. The van der Waals surface area contributed by atoms with Crippen molar-refractivity contribution < 1.29 is 9.26 Å². The highest BCUT2D eigenvalue weighted by Gasteiger charge is 2.44. The topological polar surface area (TPSA) is 51.4 Å². The van der Waals surface area contributed by atoms with Gasteiger partial charge >= 0.3 is 6.01 Å². The molecule has 3 fully saturated rings. The van der Waals surface area contributed by atoms with Crippen LogP contribution in [0.15, 0.2) is 34.9 Å². The Hall–Kier alpha value is -1.53. The summed E-state index contributed by atoms with van der Waals surface area (Å²) in [6.45, 7) is 3.74. The number of aromatic nitrogens is 2. The van der Waals surface area contributed by atoms with E-state index in [2.05, 4.69) is 39.3 Å².